The van der Waals surface area contributed by atoms with Gasteiger partial charge in [-0.3, -0.25) is 9.97 Å². The standard InChI is InChI=1S/C10H17N3/c1-4-11-8(2)7-10-9(3)12-5-6-13-10/h5-6,8,11H,4,7H2,1-3H3. The SMILES string of the molecule is CCNC(C)Cc1nccnc1C. The number of hydrogen-bond donors (Lipinski definition) is 1. The van der Waals surface area contributed by atoms with Crippen LogP contribution in [0.3, 0.4) is 0 Å². The molecule has 13 heavy (non-hydrogen) atoms. The highest BCUT2D eigenvalue weighted by atomic mass is 14.9. The fourth-order valence-corrected chi connectivity index (χ4v) is 1.35. The predicted octanol–water partition coefficient (Wildman–Crippen LogP) is 1.33. The zero-order valence-electron chi connectivity index (χ0n) is 8.54. The van der Waals surface area contributed by atoms with Gasteiger partial charge in [-0.05, 0) is 20.4 Å². The Balaban J connectivity index is 2.58. The molecule has 0 radical (unpaired) electrons. The lowest BCUT2D eigenvalue weighted by molar-refractivity contribution is 0.556. The third-order valence-corrected chi connectivity index (χ3v) is 2.03. The number of hydrogen-bond acceptors (Lipinski definition) is 3. The summed E-state index contributed by atoms with van der Waals surface area (Å²) in [5, 5.41) is 3.35. The van der Waals surface area contributed by atoms with Crippen molar-refractivity contribution in [1.29, 1.82) is 0 Å². The van der Waals surface area contributed by atoms with E-state index in [0.717, 1.165) is 24.4 Å². The van der Waals surface area contributed by atoms with Gasteiger partial charge in [0.2, 0.25) is 0 Å². The van der Waals surface area contributed by atoms with E-state index in [1.807, 2.05) is 6.92 Å². The van der Waals surface area contributed by atoms with Gasteiger partial charge in [0.1, 0.15) is 0 Å². The van der Waals surface area contributed by atoms with Crippen molar-refractivity contribution in [1.82, 2.24) is 15.3 Å². The van der Waals surface area contributed by atoms with Crippen LogP contribution in [0.1, 0.15) is 25.2 Å². The molecule has 0 spiro atoms. The quantitative estimate of drug-likeness (QED) is 0.757. The van der Waals surface area contributed by atoms with Crippen LogP contribution >= 0.6 is 0 Å². The molecule has 1 atom stereocenters. The Morgan fingerprint density at radius 3 is 2.69 bits per heavy atom. The van der Waals surface area contributed by atoms with Gasteiger partial charge < -0.3 is 5.32 Å². The maximum Gasteiger partial charge on any atom is 0.0631 e. The summed E-state index contributed by atoms with van der Waals surface area (Å²) in [5.74, 6) is 0. The Morgan fingerprint density at radius 1 is 1.38 bits per heavy atom. The maximum atomic E-state index is 4.30. The fraction of sp³-hybridized carbons (Fsp3) is 0.600. The molecule has 0 aliphatic heterocycles. The van der Waals surface area contributed by atoms with Gasteiger partial charge in [-0.2, -0.15) is 0 Å². The molecule has 1 rings (SSSR count). The molecule has 0 saturated carbocycles. The van der Waals surface area contributed by atoms with E-state index in [4.69, 9.17) is 0 Å². The Bertz CT molecular complexity index is 260. The summed E-state index contributed by atoms with van der Waals surface area (Å²) in [4.78, 5) is 8.50. The van der Waals surface area contributed by atoms with E-state index in [1.165, 1.54) is 0 Å². The lowest BCUT2D eigenvalue weighted by Crippen LogP contribution is -2.28. The Morgan fingerprint density at radius 2 is 2.08 bits per heavy atom. The van der Waals surface area contributed by atoms with Crippen molar-refractivity contribution in [3.05, 3.63) is 23.8 Å². The zero-order valence-corrected chi connectivity index (χ0v) is 8.54. The fourth-order valence-electron chi connectivity index (χ4n) is 1.35. The number of likely N-dealkylation sites (N-methyl/N-ethyl adjacent to an activating group) is 1. The molecule has 0 aromatic carbocycles. The number of nitrogens with one attached hydrogen (secondary N) is 1. The first-order chi connectivity index (χ1) is 6.24. The van der Waals surface area contributed by atoms with E-state index in [-0.39, 0.29) is 0 Å². The van der Waals surface area contributed by atoms with Crippen LogP contribution in [-0.2, 0) is 6.42 Å². The molecule has 0 saturated heterocycles. The van der Waals surface area contributed by atoms with Crippen LogP contribution in [0.25, 0.3) is 0 Å². The summed E-state index contributed by atoms with van der Waals surface area (Å²) in [7, 11) is 0. The molecule has 1 unspecified atom stereocenters. The first kappa shape index (κ1) is 10.1. The molecule has 1 aromatic heterocycles. The summed E-state index contributed by atoms with van der Waals surface area (Å²) in [5.41, 5.74) is 2.13. The second-order valence-electron chi connectivity index (χ2n) is 3.25. The van der Waals surface area contributed by atoms with Crippen LogP contribution in [0.15, 0.2) is 12.4 Å². The maximum absolute atomic E-state index is 4.30. The summed E-state index contributed by atoms with van der Waals surface area (Å²) >= 11 is 0. The van der Waals surface area contributed by atoms with Crippen molar-refractivity contribution in [2.45, 2.75) is 33.2 Å². The van der Waals surface area contributed by atoms with Crippen LogP contribution in [0.4, 0.5) is 0 Å². The smallest absolute Gasteiger partial charge is 0.0631 e. The highest BCUT2D eigenvalue weighted by molar-refractivity contribution is 5.09. The molecule has 0 fully saturated rings. The van der Waals surface area contributed by atoms with Crippen molar-refractivity contribution in [3.8, 4) is 0 Å². The summed E-state index contributed by atoms with van der Waals surface area (Å²) in [6, 6.07) is 0.473. The minimum Gasteiger partial charge on any atom is -0.314 e. The molecule has 1 aromatic rings. The summed E-state index contributed by atoms with van der Waals surface area (Å²) in [6.45, 7) is 7.28. The Labute approximate surface area is 79.6 Å². The van der Waals surface area contributed by atoms with E-state index in [9.17, 15) is 0 Å². The van der Waals surface area contributed by atoms with Crippen molar-refractivity contribution >= 4 is 0 Å². The second kappa shape index (κ2) is 4.92. The largest absolute Gasteiger partial charge is 0.314 e. The number of nitrogens with zero attached hydrogens (tertiary/aromatic N) is 2. The van der Waals surface area contributed by atoms with E-state index in [2.05, 4.69) is 29.1 Å². The van der Waals surface area contributed by atoms with Gasteiger partial charge in [0.15, 0.2) is 0 Å². The molecule has 1 N–H and O–H groups in total. The molecule has 0 amide bonds. The van der Waals surface area contributed by atoms with Crippen molar-refractivity contribution in [2.75, 3.05) is 6.54 Å². The molecule has 0 aliphatic rings. The van der Waals surface area contributed by atoms with Crippen molar-refractivity contribution < 1.29 is 0 Å². The average molecular weight is 179 g/mol. The highest BCUT2D eigenvalue weighted by Crippen LogP contribution is 2.02. The normalized spacial score (nSPS) is 12.8. The van der Waals surface area contributed by atoms with Gasteiger partial charge in [-0.15, -0.1) is 0 Å². The predicted molar refractivity (Wildman–Crippen MR) is 53.6 cm³/mol. The number of rotatable bonds is 4. The topological polar surface area (TPSA) is 37.8 Å². The van der Waals surface area contributed by atoms with E-state index in [0.29, 0.717) is 6.04 Å². The average Bonchev–Trinajstić information content (AvgIpc) is 2.09. The minimum absolute atomic E-state index is 0.473. The summed E-state index contributed by atoms with van der Waals surface area (Å²) < 4.78 is 0. The van der Waals surface area contributed by atoms with Crippen LogP contribution in [0, 0.1) is 6.92 Å². The van der Waals surface area contributed by atoms with Gasteiger partial charge >= 0.3 is 0 Å². The van der Waals surface area contributed by atoms with Crippen LogP contribution < -0.4 is 5.32 Å². The first-order valence-corrected chi connectivity index (χ1v) is 4.74. The number of aryl methyl sites for hydroxylation is 1. The van der Waals surface area contributed by atoms with Gasteiger partial charge in [-0.1, -0.05) is 6.92 Å². The van der Waals surface area contributed by atoms with E-state index in [1.54, 1.807) is 12.4 Å². The summed E-state index contributed by atoms with van der Waals surface area (Å²) in [6.07, 6.45) is 4.44. The molecule has 0 aliphatic carbocycles. The second-order valence-corrected chi connectivity index (χ2v) is 3.25. The van der Waals surface area contributed by atoms with Crippen LogP contribution in [0.5, 0.6) is 0 Å². The van der Waals surface area contributed by atoms with Crippen LogP contribution in [-0.4, -0.2) is 22.6 Å². The monoisotopic (exact) mass is 179 g/mol. The molecule has 0 bridgehead atoms. The van der Waals surface area contributed by atoms with Crippen LogP contribution in [0.2, 0.25) is 0 Å². The molecule has 72 valence electrons. The molecule has 3 heteroatoms. The lowest BCUT2D eigenvalue weighted by Gasteiger charge is -2.12. The third kappa shape index (κ3) is 3.11. The lowest BCUT2D eigenvalue weighted by atomic mass is 10.1. The molecule has 1 heterocycles. The Hall–Kier alpha value is -0.960. The molecule has 3 nitrogen and oxygen atoms in total. The Kier molecular flexibility index (Phi) is 3.83. The highest BCUT2D eigenvalue weighted by Gasteiger charge is 2.05. The molecular formula is C10H17N3. The van der Waals surface area contributed by atoms with Gasteiger partial charge in [0, 0.05) is 24.9 Å². The van der Waals surface area contributed by atoms with E-state index >= 15 is 0 Å². The zero-order chi connectivity index (χ0) is 9.68. The van der Waals surface area contributed by atoms with Crippen molar-refractivity contribution in [3.63, 3.8) is 0 Å². The number of aromatic nitrogens is 2. The van der Waals surface area contributed by atoms with E-state index < -0.39 is 0 Å². The van der Waals surface area contributed by atoms with Gasteiger partial charge in [0.25, 0.3) is 0 Å². The first-order valence-electron chi connectivity index (χ1n) is 4.74. The minimum atomic E-state index is 0.473. The van der Waals surface area contributed by atoms with Gasteiger partial charge in [0.05, 0.1) is 11.4 Å². The molecular weight excluding hydrogens is 162 g/mol. The van der Waals surface area contributed by atoms with Crippen molar-refractivity contribution in [2.24, 2.45) is 0 Å². The van der Waals surface area contributed by atoms with Gasteiger partial charge in [-0.25, -0.2) is 0 Å². The third-order valence-electron chi connectivity index (χ3n) is 2.03.